The third-order valence-electron chi connectivity index (χ3n) is 7.05. The summed E-state index contributed by atoms with van der Waals surface area (Å²) in [6, 6.07) is 20.0. The van der Waals surface area contributed by atoms with Gasteiger partial charge in [0.1, 0.15) is 0 Å². The first-order valence-corrected chi connectivity index (χ1v) is 17.5. The number of benzene rings is 3. The molecule has 0 spiro atoms. The highest BCUT2D eigenvalue weighted by molar-refractivity contribution is 7.90. The molecule has 0 aliphatic carbocycles. The number of anilines is 1. The largest absolute Gasteiger partial charge is 0.379 e. The van der Waals surface area contributed by atoms with Crippen molar-refractivity contribution in [2.75, 3.05) is 57.6 Å². The molecule has 3 aromatic carbocycles. The number of hydrogen-bond donors (Lipinski definition) is 0. The molecule has 1 amide bonds. The molecule has 0 radical (unpaired) electrons. The van der Waals surface area contributed by atoms with Crippen molar-refractivity contribution in [3.05, 3.63) is 83.9 Å². The normalized spacial score (nSPS) is 14.8. The zero-order chi connectivity index (χ0) is 29.9. The van der Waals surface area contributed by atoms with Gasteiger partial charge in [-0.1, -0.05) is 41.7 Å². The van der Waals surface area contributed by atoms with E-state index >= 15 is 0 Å². The minimum Gasteiger partial charge on any atom is -0.379 e. The predicted octanol–water partition coefficient (Wildman–Crippen LogP) is 3.50. The van der Waals surface area contributed by atoms with E-state index in [1.165, 1.54) is 53.0 Å². The highest BCUT2D eigenvalue weighted by Gasteiger charge is 2.25. The van der Waals surface area contributed by atoms with E-state index in [9.17, 15) is 21.6 Å². The number of ether oxygens (including phenoxy) is 1. The van der Waals surface area contributed by atoms with Crippen molar-refractivity contribution in [2.24, 2.45) is 0 Å². The molecule has 1 aliphatic rings. The Hall–Kier alpha value is -3.20. The van der Waals surface area contributed by atoms with Gasteiger partial charge >= 0.3 is 0 Å². The number of morpholine rings is 1. The fraction of sp³-hybridized carbons (Fsp3) is 0.310. The number of carbonyl (C=O) groups excluding carboxylic acids is 1. The molecule has 42 heavy (non-hydrogen) atoms. The minimum absolute atomic E-state index is 0.0886. The quantitative estimate of drug-likeness (QED) is 0.262. The standard InChI is InChI=1S/C29H32N4O6S3/c1-31(21-22-6-4-3-5-7-22)42(37,38)24-10-8-23(9-11-24)28(34)33(15-14-32-16-18-39-19-17-32)29-30-26-13-12-25(41(2,35)36)20-27(26)40-29/h3-13,20H,14-19,21H2,1-2H3. The summed E-state index contributed by atoms with van der Waals surface area (Å²) >= 11 is 1.24. The number of hydrogen-bond acceptors (Lipinski definition) is 9. The molecule has 5 rings (SSSR count). The Labute approximate surface area is 250 Å². The molecule has 10 nitrogen and oxygen atoms in total. The van der Waals surface area contributed by atoms with Gasteiger partial charge in [-0.05, 0) is 48.0 Å². The van der Waals surface area contributed by atoms with Crippen LogP contribution in [0.15, 0.2) is 82.6 Å². The summed E-state index contributed by atoms with van der Waals surface area (Å²) < 4.78 is 58.0. The average molecular weight is 629 g/mol. The lowest BCUT2D eigenvalue weighted by atomic mass is 10.2. The zero-order valence-corrected chi connectivity index (χ0v) is 25.8. The van der Waals surface area contributed by atoms with E-state index in [1.54, 1.807) is 17.0 Å². The highest BCUT2D eigenvalue weighted by Crippen LogP contribution is 2.32. The SMILES string of the molecule is CN(Cc1ccccc1)S(=O)(=O)c1ccc(C(=O)N(CCN2CCOCC2)c2nc3ccc(S(C)(=O)=O)cc3s2)cc1. The summed E-state index contributed by atoms with van der Waals surface area (Å²) in [5, 5.41) is 0.438. The minimum atomic E-state index is -3.78. The van der Waals surface area contributed by atoms with Crippen LogP contribution in [0.4, 0.5) is 5.13 Å². The van der Waals surface area contributed by atoms with Gasteiger partial charge in [0.05, 0.1) is 33.2 Å². The third kappa shape index (κ3) is 6.88. The molecule has 0 N–H and O–H groups in total. The summed E-state index contributed by atoms with van der Waals surface area (Å²) in [5.74, 6) is -0.327. The molecule has 1 saturated heterocycles. The molecule has 4 aromatic rings. The third-order valence-corrected chi connectivity index (χ3v) is 11.0. The molecular formula is C29H32N4O6S3. The first kappa shape index (κ1) is 30.3. The van der Waals surface area contributed by atoms with Crippen LogP contribution >= 0.6 is 11.3 Å². The van der Waals surface area contributed by atoms with Gasteiger partial charge in [0.2, 0.25) is 10.0 Å². The summed E-state index contributed by atoms with van der Waals surface area (Å²) in [4.78, 5) is 22.6. The lowest BCUT2D eigenvalue weighted by molar-refractivity contribution is 0.0391. The molecule has 222 valence electrons. The van der Waals surface area contributed by atoms with Crippen LogP contribution in [0.25, 0.3) is 10.2 Å². The Kier molecular flexibility index (Phi) is 9.06. The second-order valence-electron chi connectivity index (χ2n) is 10.1. The number of sulfone groups is 1. The van der Waals surface area contributed by atoms with Crippen LogP contribution in [-0.2, 0) is 31.1 Å². The van der Waals surface area contributed by atoms with Gasteiger partial charge in [-0.15, -0.1) is 0 Å². The molecule has 1 aliphatic heterocycles. The zero-order valence-electron chi connectivity index (χ0n) is 23.3. The Morgan fingerprint density at radius 1 is 0.952 bits per heavy atom. The monoisotopic (exact) mass is 628 g/mol. The van der Waals surface area contributed by atoms with E-state index in [-0.39, 0.29) is 22.2 Å². The number of fused-ring (bicyclic) bond motifs is 1. The van der Waals surface area contributed by atoms with E-state index in [1.807, 2.05) is 30.3 Å². The molecule has 1 fully saturated rings. The molecular weight excluding hydrogens is 597 g/mol. The van der Waals surface area contributed by atoms with Gasteiger partial charge in [0, 0.05) is 51.6 Å². The lowest BCUT2D eigenvalue weighted by Crippen LogP contribution is -2.43. The van der Waals surface area contributed by atoms with E-state index in [4.69, 9.17) is 4.74 Å². The number of rotatable bonds is 10. The smallest absolute Gasteiger partial charge is 0.260 e. The molecule has 0 unspecified atom stereocenters. The van der Waals surface area contributed by atoms with Gasteiger partial charge < -0.3 is 4.74 Å². The number of carbonyl (C=O) groups is 1. The lowest BCUT2D eigenvalue weighted by Gasteiger charge is -2.29. The van der Waals surface area contributed by atoms with Crippen molar-refractivity contribution in [1.82, 2.24) is 14.2 Å². The predicted molar refractivity (Wildman–Crippen MR) is 163 cm³/mol. The van der Waals surface area contributed by atoms with Crippen molar-refractivity contribution < 1.29 is 26.4 Å². The van der Waals surface area contributed by atoms with Crippen LogP contribution in [0.1, 0.15) is 15.9 Å². The second kappa shape index (κ2) is 12.6. The van der Waals surface area contributed by atoms with Gasteiger partial charge in [-0.2, -0.15) is 4.31 Å². The van der Waals surface area contributed by atoms with Crippen molar-refractivity contribution in [3.63, 3.8) is 0 Å². The number of sulfonamides is 1. The Bertz CT molecular complexity index is 1770. The summed E-state index contributed by atoms with van der Waals surface area (Å²) in [7, 11) is -5.66. The fourth-order valence-electron chi connectivity index (χ4n) is 4.62. The van der Waals surface area contributed by atoms with Gasteiger partial charge in [0.25, 0.3) is 5.91 Å². The molecule has 1 aromatic heterocycles. The maximum absolute atomic E-state index is 13.9. The highest BCUT2D eigenvalue weighted by atomic mass is 32.2. The van der Waals surface area contributed by atoms with E-state index in [2.05, 4.69) is 9.88 Å². The van der Waals surface area contributed by atoms with Crippen LogP contribution in [0.3, 0.4) is 0 Å². The molecule has 0 bridgehead atoms. The van der Waals surface area contributed by atoms with Crippen LogP contribution in [0.2, 0.25) is 0 Å². The van der Waals surface area contributed by atoms with E-state index in [0.29, 0.717) is 47.2 Å². The van der Waals surface area contributed by atoms with Crippen molar-refractivity contribution in [2.45, 2.75) is 16.3 Å². The van der Waals surface area contributed by atoms with Crippen molar-refractivity contribution in [1.29, 1.82) is 0 Å². The number of amides is 1. The van der Waals surface area contributed by atoms with Crippen LogP contribution in [0, 0.1) is 0 Å². The fourth-order valence-corrected chi connectivity index (χ4v) is 7.53. The van der Waals surface area contributed by atoms with E-state index < -0.39 is 19.9 Å². The number of aromatic nitrogens is 1. The van der Waals surface area contributed by atoms with Crippen LogP contribution in [0.5, 0.6) is 0 Å². The number of nitrogens with zero attached hydrogens (tertiary/aromatic N) is 4. The van der Waals surface area contributed by atoms with Gasteiger partial charge in [0.15, 0.2) is 15.0 Å². The first-order chi connectivity index (χ1) is 20.0. The molecule has 2 heterocycles. The van der Waals surface area contributed by atoms with E-state index in [0.717, 1.165) is 24.9 Å². The first-order valence-electron chi connectivity index (χ1n) is 13.4. The maximum atomic E-state index is 13.9. The van der Waals surface area contributed by atoms with Crippen molar-refractivity contribution >= 4 is 52.5 Å². The molecule has 13 heteroatoms. The molecule has 0 atom stereocenters. The Balaban J connectivity index is 1.41. The summed E-state index contributed by atoms with van der Waals surface area (Å²) in [6.07, 6.45) is 1.15. The average Bonchev–Trinajstić information content (AvgIpc) is 3.41. The second-order valence-corrected chi connectivity index (χ2v) is 15.1. The Morgan fingerprint density at radius 3 is 2.29 bits per heavy atom. The van der Waals surface area contributed by atoms with Crippen LogP contribution < -0.4 is 4.90 Å². The van der Waals surface area contributed by atoms with Gasteiger partial charge in [-0.3, -0.25) is 14.6 Å². The summed E-state index contributed by atoms with van der Waals surface area (Å²) in [6.45, 7) is 3.91. The maximum Gasteiger partial charge on any atom is 0.260 e. The Morgan fingerprint density at radius 2 is 1.62 bits per heavy atom. The molecule has 0 saturated carbocycles. The topological polar surface area (TPSA) is 117 Å². The van der Waals surface area contributed by atoms with Crippen molar-refractivity contribution in [3.8, 4) is 0 Å². The van der Waals surface area contributed by atoms with Gasteiger partial charge in [-0.25, -0.2) is 21.8 Å². The van der Waals surface area contributed by atoms with Crippen LogP contribution in [-0.4, -0.2) is 89.6 Å². The number of thiazole rings is 1. The summed E-state index contributed by atoms with van der Waals surface area (Å²) in [5.41, 5.74) is 1.78.